The van der Waals surface area contributed by atoms with Gasteiger partial charge in [-0.05, 0) is 31.0 Å². The Balaban J connectivity index is 2.57. The number of nitrogens with one attached hydrogen (secondary N) is 1. The number of aromatic amines is 1. The third-order valence-corrected chi connectivity index (χ3v) is 2.90. The summed E-state index contributed by atoms with van der Waals surface area (Å²) in [4.78, 5) is 28.3. The molecule has 0 bridgehead atoms. The summed E-state index contributed by atoms with van der Waals surface area (Å²) in [5.74, 6) is -2.48. The first kappa shape index (κ1) is 12.8. The second-order valence-corrected chi connectivity index (χ2v) is 4.22. The standard InChI is InChI=1S/C13H12N2O4/c1-6-3-4-8(5-7(6)2)11-14-9(12(16)17)10(15-11)13(18)19/h3-5H,1-2H3,(H,14,15)(H,16,17)(H,18,19). The fourth-order valence-corrected chi connectivity index (χ4v) is 1.71. The Morgan fingerprint density at radius 2 is 1.79 bits per heavy atom. The number of carboxylic acid groups (broad SMARTS) is 2. The van der Waals surface area contributed by atoms with Gasteiger partial charge in [-0.1, -0.05) is 12.1 Å². The average molecular weight is 260 g/mol. The maximum Gasteiger partial charge on any atom is 0.357 e. The van der Waals surface area contributed by atoms with Crippen molar-refractivity contribution in [3.8, 4) is 11.4 Å². The number of hydrogen-bond acceptors (Lipinski definition) is 3. The zero-order valence-corrected chi connectivity index (χ0v) is 10.4. The minimum Gasteiger partial charge on any atom is -0.477 e. The van der Waals surface area contributed by atoms with Crippen molar-refractivity contribution in [1.82, 2.24) is 9.97 Å². The number of aromatic nitrogens is 2. The molecule has 2 aromatic rings. The number of carboxylic acids is 2. The Kier molecular flexibility index (Phi) is 3.08. The van der Waals surface area contributed by atoms with Crippen LogP contribution in [-0.4, -0.2) is 32.1 Å². The molecule has 0 atom stereocenters. The van der Waals surface area contributed by atoms with E-state index >= 15 is 0 Å². The van der Waals surface area contributed by atoms with Crippen LogP contribution in [-0.2, 0) is 0 Å². The summed E-state index contributed by atoms with van der Waals surface area (Å²) in [6.45, 7) is 3.87. The molecule has 98 valence electrons. The summed E-state index contributed by atoms with van der Waals surface area (Å²) >= 11 is 0. The molecule has 6 nitrogen and oxygen atoms in total. The lowest BCUT2D eigenvalue weighted by molar-refractivity contribution is 0.0644. The Morgan fingerprint density at radius 3 is 2.26 bits per heavy atom. The number of aromatic carboxylic acids is 2. The third-order valence-electron chi connectivity index (χ3n) is 2.90. The van der Waals surface area contributed by atoms with Crippen LogP contribution in [0.15, 0.2) is 18.2 Å². The van der Waals surface area contributed by atoms with Gasteiger partial charge >= 0.3 is 11.9 Å². The van der Waals surface area contributed by atoms with Crippen molar-refractivity contribution in [2.24, 2.45) is 0 Å². The molecular weight excluding hydrogens is 248 g/mol. The molecule has 0 unspecified atom stereocenters. The highest BCUT2D eigenvalue weighted by molar-refractivity contribution is 5.99. The highest BCUT2D eigenvalue weighted by atomic mass is 16.4. The molecule has 0 radical (unpaired) electrons. The summed E-state index contributed by atoms with van der Waals surface area (Å²) in [5, 5.41) is 17.9. The Morgan fingerprint density at radius 1 is 1.11 bits per heavy atom. The van der Waals surface area contributed by atoms with Crippen LogP contribution < -0.4 is 0 Å². The number of benzene rings is 1. The van der Waals surface area contributed by atoms with Gasteiger partial charge in [0.1, 0.15) is 5.82 Å². The van der Waals surface area contributed by atoms with Gasteiger partial charge < -0.3 is 15.2 Å². The predicted molar refractivity (Wildman–Crippen MR) is 67.4 cm³/mol. The van der Waals surface area contributed by atoms with Crippen molar-refractivity contribution in [2.75, 3.05) is 0 Å². The molecule has 0 saturated heterocycles. The topological polar surface area (TPSA) is 103 Å². The van der Waals surface area contributed by atoms with E-state index in [9.17, 15) is 9.59 Å². The van der Waals surface area contributed by atoms with Crippen LogP contribution >= 0.6 is 0 Å². The highest BCUT2D eigenvalue weighted by Crippen LogP contribution is 2.21. The number of aryl methyl sites for hydroxylation is 2. The van der Waals surface area contributed by atoms with Crippen LogP contribution in [0.5, 0.6) is 0 Å². The van der Waals surface area contributed by atoms with E-state index in [1.165, 1.54) is 0 Å². The summed E-state index contributed by atoms with van der Waals surface area (Å²) in [5.41, 5.74) is 1.86. The molecule has 3 N–H and O–H groups in total. The first-order valence-corrected chi connectivity index (χ1v) is 5.54. The largest absolute Gasteiger partial charge is 0.477 e. The Hall–Kier alpha value is -2.63. The van der Waals surface area contributed by atoms with E-state index < -0.39 is 23.3 Å². The molecule has 0 saturated carbocycles. The summed E-state index contributed by atoms with van der Waals surface area (Å²) in [6.07, 6.45) is 0. The lowest BCUT2D eigenvalue weighted by Gasteiger charge is -2.02. The van der Waals surface area contributed by atoms with E-state index in [-0.39, 0.29) is 5.82 Å². The summed E-state index contributed by atoms with van der Waals surface area (Å²) < 4.78 is 0. The summed E-state index contributed by atoms with van der Waals surface area (Å²) in [6, 6.07) is 5.46. The van der Waals surface area contributed by atoms with E-state index in [1.807, 2.05) is 26.0 Å². The molecule has 1 heterocycles. The first-order valence-electron chi connectivity index (χ1n) is 5.54. The van der Waals surface area contributed by atoms with Gasteiger partial charge in [0.15, 0.2) is 11.4 Å². The van der Waals surface area contributed by atoms with Gasteiger partial charge in [0.2, 0.25) is 0 Å². The van der Waals surface area contributed by atoms with Crippen LogP contribution in [0.25, 0.3) is 11.4 Å². The van der Waals surface area contributed by atoms with E-state index in [0.29, 0.717) is 5.56 Å². The number of nitrogens with zero attached hydrogens (tertiary/aromatic N) is 1. The summed E-state index contributed by atoms with van der Waals surface area (Å²) in [7, 11) is 0. The number of imidazole rings is 1. The van der Waals surface area contributed by atoms with E-state index in [0.717, 1.165) is 11.1 Å². The molecule has 19 heavy (non-hydrogen) atoms. The van der Waals surface area contributed by atoms with Gasteiger partial charge in [0, 0.05) is 5.56 Å². The Bertz CT molecular complexity index is 642. The minimum absolute atomic E-state index is 0.234. The van der Waals surface area contributed by atoms with Crippen molar-refractivity contribution in [3.05, 3.63) is 40.7 Å². The molecule has 0 aliphatic heterocycles. The van der Waals surface area contributed by atoms with E-state index in [2.05, 4.69) is 9.97 Å². The molecular formula is C13H12N2O4. The van der Waals surface area contributed by atoms with Crippen LogP contribution in [0.4, 0.5) is 0 Å². The van der Waals surface area contributed by atoms with Gasteiger partial charge in [-0.3, -0.25) is 0 Å². The predicted octanol–water partition coefficient (Wildman–Crippen LogP) is 2.09. The van der Waals surface area contributed by atoms with Crippen LogP contribution in [0.1, 0.15) is 32.1 Å². The quantitative estimate of drug-likeness (QED) is 0.784. The van der Waals surface area contributed by atoms with Gasteiger partial charge in [0.05, 0.1) is 0 Å². The fourth-order valence-electron chi connectivity index (χ4n) is 1.71. The monoisotopic (exact) mass is 260 g/mol. The molecule has 0 aliphatic carbocycles. The average Bonchev–Trinajstić information content (AvgIpc) is 2.78. The number of carbonyl (C=O) groups is 2. The minimum atomic E-state index is -1.37. The molecule has 1 aromatic carbocycles. The molecule has 2 rings (SSSR count). The van der Waals surface area contributed by atoms with E-state index in [4.69, 9.17) is 10.2 Å². The lowest BCUT2D eigenvalue weighted by atomic mass is 10.1. The molecule has 0 amide bonds. The molecule has 0 spiro atoms. The molecule has 1 aromatic heterocycles. The highest BCUT2D eigenvalue weighted by Gasteiger charge is 2.22. The third kappa shape index (κ3) is 2.33. The van der Waals surface area contributed by atoms with Gasteiger partial charge in [-0.25, -0.2) is 14.6 Å². The maximum absolute atomic E-state index is 11.0. The Labute approximate surface area is 108 Å². The van der Waals surface area contributed by atoms with Crippen molar-refractivity contribution >= 4 is 11.9 Å². The first-order chi connectivity index (χ1) is 8.90. The number of hydrogen-bond donors (Lipinski definition) is 3. The van der Waals surface area contributed by atoms with Crippen molar-refractivity contribution in [1.29, 1.82) is 0 Å². The normalized spacial score (nSPS) is 10.4. The fraction of sp³-hybridized carbons (Fsp3) is 0.154. The van der Waals surface area contributed by atoms with Crippen LogP contribution in [0.2, 0.25) is 0 Å². The molecule has 0 fully saturated rings. The van der Waals surface area contributed by atoms with Crippen LogP contribution in [0, 0.1) is 13.8 Å². The maximum atomic E-state index is 11.0. The van der Waals surface area contributed by atoms with Crippen molar-refractivity contribution in [2.45, 2.75) is 13.8 Å². The number of rotatable bonds is 3. The second kappa shape index (κ2) is 4.56. The molecule has 0 aliphatic rings. The van der Waals surface area contributed by atoms with Gasteiger partial charge in [-0.2, -0.15) is 0 Å². The lowest BCUT2D eigenvalue weighted by Crippen LogP contribution is -2.07. The zero-order valence-electron chi connectivity index (χ0n) is 10.4. The van der Waals surface area contributed by atoms with Crippen LogP contribution in [0.3, 0.4) is 0 Å². The van der Waals surface area contributed by atoms with Gasteiger partial charge in [-0.15, -0.1) is 0 Å². The van der Waals surface area contributed by atoms with E-state index in [1.54, 1.807) is 6.07 Å². The van der Waals surface area contributed by atoms with Crippen molar-refractivity contribution in [3.63, 3.8) is 0 Å². The smallest absolute Gasteiger partial charge is 0.357 e. The van der Waals surface area contributed by atoms with Gasteiger partial charge in [0.25, 0.3) is 0 Å². The van der Waals surface area contributed by atoms with Crippen molar-refractivity contribution < 1.29 is 19.8 Å². The SMILES string of the molecule is Cc1ccc(-c2nc(C(=O)O)c(C(=O)O)[nH]2)cc1C. The zero-order chi connectivity index (χ0) is 14.2. The molecule has 6 heteroatoms. The second-order valence-electron chi connectivity index (χ2n) is 4.22. The number of H-pyrrole nitrogens is 1.